The lowest BCUT2D eigenvalue weighted by molar-refractivity contribution is 0.414. The standard InChI is InChI=1S/C24H18N4O4/c1-30-17-12-10-16(11-13-17)28-24(29)20-9-4-3-8-19(20)21(26-28)23-25-22(27-32-23)15-6-5-7-18(14-15)31-2/h3-14H,1-2H3. The van der Waals surface area contributed by atoms with Crippen LogP contribution < -0.4 is 15.0 Å². The summed E-state index contributed by atoms with van der Waals surface area (Å²) in [5.74, 6) is 1.97. The highest BCUT2D eigenvalue weighted by molar-refractivity contribution is 5.92. The van der Waals surface area contributed by atoms with Gasteiger partial charge in [-0.3, -0.25) is 4.79 Å². The van der Waals surface area contributed by atoms with Crippen LogP contribution in [0.1, 0.15) is 0 Å². The number of aromatic nitrogens is 4. The molecular weight excluding hydrogens is 408 g/mol. The molecule has 0 saturated heterocycles. The SMILES string of the molecule is COc1ccc(-n2nc(-c3nc(-c4cccc(OC)c4)no3)c3ccccc3c2=O)cc1. The number of nitrogens with zero attached hydrogens (tertiary/aromatic N) is 4. The van der Waals surface area contributed by atoms with E-state index < -0.39 is 0 Å². The number of rotatable bonds is 5. The lowest BCUT2D eigenvalue weighted by atomic mass is 10.1. The summed E-state index contributed by atoms with van der Waals surface area (Å²) in [6, 6.07) is 21.6. The summed E-state index contributed by atoms with van der Waals surface area (Å²) in [4.78, 5) is 17.7. The molecule has 0 unspecified atom stereocenters. The molecule has 0 atom stereocenters. The summed E-state index contributed by atoms with van der Waals surface area (Å²) in [6.07, 6.45) is 0. The Morgan fingerprint density at radius 1 is 0.844 bits per heavy atom. The molecule has 0 aliphatic carbocycles. The number of hydrogen-bond acceptors (Lipinski definition) is 7. The molecule has 0 spiro atoms. The molecule has 3 aromatic carbocycles. The molecule has 0 bridgehead atoms. The fourth-order valence-corrected chi connectivity index (χ4v) is 3.44. The summed E-state index contributed by atoms with van der Waals surface area (Å²) in [5, 5.41) is 9.81. The second kappa shape index (κ2) is 7.99. The Kier molecular flexibility index (Phi) is 4.87. The van der Waals surface area contributed by atoms with Crippen LogP contribution >= 0.6 is 0 Å². The fraction of sp³-hybridized carbons (Fsp3) is 0.0833. The average molecular weight is 426 g/mol. The van der Waals surface area contributed by atoms with Crippen molar-refractivity contribution in [2.75, 3.05) is 14.2 Å². The molecule has 2 heterocycles. The van der Waals surface area contributed by atoms with E-state index in [1.807, 2.05) is 36.4 Å². The van der Waals surface area contributed by atoms with Gasteiger partial charge in [0.1, 0.15) is 11.5 Å². The van der Waals surface area contributed by atoms with Crippen LogP contribution in [-0.4, -0.2) is 34.1 Å². The van der Waals surface area contributed by atoms with E-state index in [0.29, 0.717) is 39.5 Å². The third kappa shape index (κ3) is 3.37. The van der Waals surface area contributed by atoms with Crippen LogP contribution in [0.4, 0.5) is 0 Å². The minimum atomic E-state index is -0.248. The summed E-state index contributed by atoms with van der Waals surface area (Å²) >= 11 is 0. The van der Waals surface area contributed by atoms with Gasteiger partial charge in [0.2, 0.25) is 5.82 Å². The highest BCUT2D eigenvalue weighted by Crippen LogP contribution is 2.28. The topological polar surface area (TPSA) is 92.3 Å². The van der Waals surface area contributed by atoms with Crippen molar-refractivity contribution < 1.29 is 14.0 Å². The number of fused-ring (bicyclic) bond motifs is 1. The molecule has 0 N–H and O–H groups in total. The third-order valence-electron chi connectivity index (χ3n) is 5.08. The minimum absolute atomic E-state index is 0.210. The summed E-state index contributed by atoms with van der Waals surface area (Å²) in [6.45, 7) is 0. The molecule has 0 aliphatic heterocycles. The molecule has 0 aliphatic rings. The predicted molar refractivity (Wildman–Crippen MR) is 119 cm³/mol. The van der Waals surface area contributed by atoms with E-state index in [9.17, 15) is 4.79 Å². The molecule has 158 valence electrons. The third-order valence-corrected chi connectivity index (χ3v) is 5.08. The molecule has 0 saturated carbocycles. The molecule has 8 heteroatoms. The monoisotopic (exact) mass is 426 g/mol. The van der Waals surface area contributed by atoms with Gasteiger partial charge in [0.15, 0.2) is 5.69 Å². The maximum Gasteiger partial charge on any atom is 0.279 e. The van der Waals surface area contributed by atoms with Gasteiger partial charge in [-0.2, -0.15) is 14.8 Å². The van der Waals surface area contributed by atoms with E-state index in [2.05, 4.69) is 15.2 Å². The quantitative estimate of drug-likeness (QED) is 0.417. The molecule has 5 rings (SSSR count). The van der Waals surface area contributed by atoms with Crippen LogP contribution in [-0.2, 0) is 0 Å². The summed E-state index contributed by atoms with van der Waals surface area (Å²) in [5.41, 5.74) is 1.50. The van der Waals surface area contributed by atoms with E-state index >= 15 is 0 Å². The van der Waals surface area contributed by atoms with Crippen molar-refractivity contribution in [2.24, 2.45) is 0 Å². The molecular formula is C24H18N4O4. The van der Waals surface area contributed by atoms with Gasteiger partial charge in [0, 0.05) is 10.9 Å². The minimum Gasteiger partial charge on any atom is -0.497 e. The summed E-state index contributed by atoms with van der Waals surface area (Å²) < 4.78 is 17.4. The molecule has 5 aromatic rings. The van der Waals surface area contributed by atoms with E-state index in [1.54, 1.807) is 50.6 Å². The van der Waals surface area contributed by atoms with Gasteiger partial charge in [0.25, 0.3) is 11.4 Å². The lowest BCUT2D eigenvalue weighted by Crippen LogP contribution is -2.22. The van der Waals surface area contributed by atoms with Crippen molar-refractivity contribution in [2.45, 2.75) is 0 Å². The number of hydrogen-bond donors (Lipinski definition) is 0. The fourth-order valence-electron chi connectivity index (χ4n) is 3.44. The second-order valence-electron chi connectivity index (χ2n) is 6.96. The molecule has 0 fully saturated rings. The van der Waals surface area contributed by atoms with Crippen molar-refractivity contribution in [3.63, 3.8) is 0 Å². The first kappa shape index (κ1) is 19.5. The molecule has 0 radical (unpaired) electrons. The maximum atomic E-state index is 13.2. The van der Waals surface area contributed by atoms with Crippen molar-refractivity contribution in [1.82, 2.24) is 19.9 Å². The Bertz CT molecular complexity index is 1470. The van der Waals surface area contributed by atoms with E-state index in [1.165, 1.54) is 4.68 Å². The Labute approximate surface area is 182 Å². The maximum absolute atomic E-state index is 13.2. The highest BCUT2D eigenvalue weighted by Gasteiger charge is 2.19. The van der Waals surface area contributed by atoms with Gasteiger partial charge in [0.05, 0.1) is 25.3 Å². The van der Waals surface area contributed by atoms with Crippen LogP contribution in [0.3, 0.4) is 0 Å². The van der Waals surface area contributed by atoms with Gasteiger partial charge >= 0.3 is 0 Å². The van der Waals surface area contributed by atoms with Crippen LogP contribution in [0, 0.1) is 0 Å². The smallest absolute Gasteiger partial charge is 0.279 e. The molecule has 0 amide bonds. The van der Waals surface area contributed by atoms with Crippen molar-refractivity contribution in [3.8, 4) is 40.2 Å². The molecule has 2 aromatic heterocycles. The Morgan fingerprint density at radius 2 is 1.59 bits per heavy atom. The van der Waals surface area contributed by atoms with Crippen LogP contribution in [0.25, 0.3) is 39.4 Å². The number of benzene rings is 3. The molecule has 32 heavy (non-hydrogen) atoms. The Hall–Kier alpha value is -4.46. The van der Waals surface area contributed by atoms with Gasteiger partial charge in [-0.05, 0) is 42.5 Å². The van der Waals surface area contributed by atoms with Crippen molar-refractivity contribution >= 4 is 10.8 Å². The van der Waals surface area contributed by atoms with Gasteiger partial charge in [-0.1, -0.05) is 35.5 Å². The van der Waals surface area contributed by atoms with Crippen molar-refractivity contribution in [3.05, 3.63) is 83.2 Å². The zero-order valence-electron chi connectivity index (χ0n) is 17.4. The Morgan fingerprint density at radius 3 is 2.34 bits per heavy atom. The van der Waals surface area contributed by atoms with E-state index in [-0.39, 0.29) is 11.4 Å². The number of methoxy groups -OCH3 is 2. The van der Waals surface area contributed by atoms with Crippen LogP contribution in [0.2, 0.25) is 0 Å². The molecule has 8 nitrogen and oxygen atoms in total. The van der Waals surface area contributed by atoms with E-state index in [4.69, 9.17) is 14.0 Å². The average Bonchev–Trinajstić information content (AvgIpc) is 3.35. The van der Waals surface area contributed by atoms with Gasteiger partial charge in [-0.25, -0.2) is 0 Å². The highest BCUT2D eigenvalue weighted by atomic mass is 16.5. The normalized spacial score (nSPS) is 10.9. The zero-order valence-corrected chi connectivity index (χ0v) is 17.4. The van der Waals surface area contributed by atoms with Gasteiger partial charge < -0.3 is 14.0 Å². The second-order valence-corrected chi connectivity index (χ2v) is 6.96. The predicted octanol–water partition coefficient (Wildman–Crippen LogP) is 4.12. The van der Waals surface area contributed by atoms with Crippen LogP contribution in [0.5, 0.6) is 11.5 Å². The van der Waals surface area contributed by atoms with E-state index in [0.717, 1.165) is 5.56 Å². The Balaban J connectivity index is 1.68. The zero-order chi connectivity index (χ0) is 22.1. The van der Waals surface area contributed by atoms with Crippen LogP contribution in [0.15, 0.2) is 82.1 Å². The summed E-state index contributed by atoms with van der Waals surface area (Å²) in [7, 11) is 3.18. The first-order valence-corrected chi connectivity index (χ1v) is 9.83. The van der Waals surface area contributed by atoms with Crippen molar-refractivity contribution in [1.29, 1.82) is 0 Å². The first-order valence-electron chi connectivity index (χ1n) is 9.83. The first-order chi connectivity index (χ1) is 15.7. The lowest BCUT2D eigenvalue weighted by Gasteiger charge is -2.09. The number of ether oxygens (including phenoxy) is 2. The van der Waals surface area contributed by atoms with Gasteiger partial charge in [-0.15, -0.1) is 0 Å². The largest absolute Gasteiger partial charge is 0.497 e.